The first-order valence-corrected chi connectivity index (χ1v) is 9.17. The van der Waals surface area contributed by atoms with Gasteiger partial charge in [0.15, 0.2) is 9.84 Å². The van der Waals surface area contributed by atoms with Crippen molar-refractivity contribution in [3.8, 4) is 0 Å². The molecule has 1 aromatic heterocycles. The fourth-order valence-electron chi connectivity index (χ4n) is 2.74. The molecule has 1 aromatic carbocycles. The van der Waals surface area contributed by atoms with Gasteiger partial charge in [0.25, 0.3) is 5.56 Å². The lowest BCUT2D eigenvalue weighted by Crippen LogP contribution is -2.36. The second-order valence-electron chi connectivity index (χ2n) is 5.74. The second kappa shape index (κ2) is 6.25. The summed E-state index contributed by atoms with van der Waals surface area (Å²) >= 11 is 0. The summed E-state index contributed by atoms with van der Waals surface area (Å²) in [5.74, 6) is 0.0740. The topological polar surface area (TPSA) is 72.3 Å². The van der Waals surface area contributed by atoms with E-state index in [4.69, 9.17) is 0 Å². The molecule has 0 unspecified atom stereocenters. The quantitative estimate of drug-likeness (QED) is 0.820. The molecule has 0 atom stereocenters. The minimum absolute atomic E-state index is 0.0740. The summed E-state index contributed by atoms with van der Waals surface area (Å²) in [7, 11) is -1.63. The van der Waals surface area contributed by atoms with Gasteiger partial charge in [0, 0.05) is 39.2 Å². The summed E-state index contributed by atoms with van der Waals surface area (Å²) in [4.78, 5) is 14.1. The van der Waals surface area contributed by atoms with Crippen molar-refractivity contribution in [1.29, 1.82) is 0 Å². The highest BCUT2D eigenvalue weighted by atomic mass is 32.2. The van der Waals surface area contributed by atoms with E-state index in [1.165, 1.54) is 4.68 Å². The molecule has 6 nitrogen and oxygen atoms in total. The maximum Gasteiger partial charge on any atom is 0.266 e. The van der Waals surface area contributed by atoms with Crippen LogP contribution in [-0.2, 0) is 29.9 Å². The summed E-state index contributed by atoms with van der Waals surface area (Å²) in [5.41, 5.74) is 1.69. The molecule has 0 bridgehead atoms. The Morgan fingerprint density at radius 1 is 1.22 bits per heavy atom. The van der Waals surface area contributed by atoms with Crippen molar-refractivity contribution in [1.82, 2.24) is 14.7 Å². The number of aryl methyl sites for hydroxylation is 1. The average Bonchev–Trinajstić information content (AvgIpc) is 2.55. The van der Waals surface area contributed by atoms with Crippen LogP contribution >= 0.6 is 0 Å². The van der Waals surface area contributed by atoms with Crippen LogP contribution in [0, 0.1) is 0 Å². The van der Waals surface area contributed by atoms with Crippen molar-refractivity contribution >= 4 is 9.84 Å². The molecule has 1 aliphatic heterocycles. The molecule has 1 aliphatic rings. The number of fused-ring (bicyclic) bond motifs is 1. The second-order valence-corrected chi connectivity index (χ2v) is 7.85. The molecular weight excluding hydrogens is 314 g/mol. The summed E-state index contributed by atoms with van der Waals surface area (Å²) in [6.07, 6.45) is 0.731. The third kappa shape index (κ3) is 3.51. The Kier molecular flexibility index (Phi) is 4.32. The number of aromatic nitrogens is 2. The summed E-state index contributed by atoms with van der Waals surface area (Å²) in [5, 5.41) is 4.26. The van der Waals surface area contributed by atoms with Crippen molar-refractivity contribution in [2.45, 2.75) is 17.9 Å². The third-order valence-electron chi connectivity index (χ3n) is 4.10. The first kappa shape index (κ1) is 15.9. The van der Waals surface area contributed by atoms with Crippen molar-refractivity contribution < 1.29 is 8.42 Å². The van der Waals surface area contributed by atoms with E-state index in [1.807, 2.05) is 0 Å². The lowest BCUT2D eigenvalue weighted by atomic mass is 10.1. The molecule has 0 aliphatic carbocycles. The lowest BCUT2D eigenvalue weighted by molar-refractivity contribution is 0.264. The zero-order chi connectivity index (χ0) is 16.4. The van der Waals surface area contributed by atoms with Gasteiger partial charge in [0.2, 0.25) is 0 Å². The molecule has 0 saturated heterocycles. The van der Waals surface area contributed by atoms with Gasteiger partial charge in [-0.05, 0) is 17.7 Å². The monoisotopic (exact) mass is 333 g/mol. The Hall–Kier alpha value is -1.99. The molecule has 7 heteroatoms. The Morgan fingerprint density at radius 3 is 2.70 bits per heavy atom. The molecule has 3 rings (SSSR count). The van der Waals surface area contributed by atoms with Gasteiger partial charge >= 0.3 is 0 Å². The normalized spacial score (nSPS) is 15.3. The number of hydrogen-bond donors (Lipinski definition) is 0. The van der Waals surface area contributed by atoms with Gasteiger partial charge in [0.05, 0.1) is 16.3 Å². The molecule has 2 aromatic rings. The van der Waals surface area contributed by atoms with E-state index in [0.717, 1.165) is 24.2 Å². The smallest absolute Gasteiger partial charge is 0.266 e. The summed E-state index contributed by atoms with van der Waals surface area (Å²) in [6.45, 7) is 1.77. The number of nitrogens with zero attached hydrogens (tertiary/aromatic N) is 3. The SMILES string of the molecule is Cn1nc2c(cc1=O)CN(CCS(=O)(=O)c1ccccc1)CC2. The molecule has 23 heavy (non-hydrogen) atoms. The van der Waals surface area contributed by atoms with Crippen LogP contribution in [0.3, 0.4) is 0 Å². The van der Waals surface area contributed by atoms with E-state index in [1.54, 1.807) is 43.4 Å². The first-order chi connectivity index (χ1) is 11.0. The van der Waals surface area contributed by atoms with Crippen LogP contribution < -0.4 is 5.56 Å². The zero-order valence-electron chi connectivity index (χ0n) is 13.0. The van der Waals surface area contributed by atoms with Crippen molar-refractivity contribution in [2.24, 2.45) is 7.05 Å². The van der Waals surface area contributed by atoms with Crippen molar-refractivity contribution in [2.75, 3.05) is 18.8 Å². The molecule has 0 radical (unpaired) electrons. The van der Waals surface area contributed by atoms with E-state index in [0.29, 0.717) is 18.0 Å². The van der Waals surface area contributed by atoms with Crippen molar-refractivity contribution in [3.63, 3.8) is 0 Å². The van der Waals surface area contributed by atoms with Crippen LogP contribution in [0.15, 0.2) is 46.1 Å². The van der Waals surface area contributed by atoms with Crippen LogP contribution in [0.2, 0.25) is 0 Å². The van der Waals surface area contributed by atoms with Crippen molar-refractivity contribution in [3.05, 3.63) is 58.0 Å². The van der Waals surface area contributed by atoms with E-state index >= 15 is 0 Å². The number of rotatable bonds is 4. The van der Waals surface area contributed by atoms with Gasteiger partial charge in [-0.2, -0.15) is 5.10 Å². The van der Waals surface area contributed by atoms with Gasteiger partial charge in [-0.25, -0.2) is 13.1 Å². The summed E-state index contributed by atoms with van der Waals surface area (Å²) in [6, 6.07) is 10.1. The molecule has 2 heterocycles. The Labute approximate surface area is 135 Å². The average molecular weight is 333 g/mol. The fraction of sp³-hybridized carbons (Fsp3) is 0.375. The number of hydrogen-bond acceptors (Lipinski definition) is 5. The Morgan fingerprint density at radius 2 is 1.96 bits per heavy atom. The Bertz CT molecular complexity index is 860. The highest BCUT2D eigenvalue weighted by molar-refractivity contribution is 7.91. The van der Waals surface area contributed by atoms with Crippen LogP contribution in [-0.4, -0.2) is 41.9 Å². The van der Waals surface area contributed by atoms with Gasteiger partial charge in [-0.1, -0.05) is 18.2 Å². The minimum atomic E-state index is -3.28. The van der Waals surface area contributed by atoms with Gasteiger partial charge in [-0.3, -0.25) is 9.69 Å². The molecular formula is C16H19N3O3S. The molecule has 122 valence electrons. The molecule has 0 spiro atoms. The highest BCUT2D eigenvalue weighted by Crippen LogP contribution is 2.16. The molecule has 0 amide bonds. The largest absolute Gasteiger partial charge is 0.298 e. The van der Waals surface area contributed by atoms with Gasteiger partial charge in [0.1, 0.15) is 0 Å². The number of sulfone groups is 1. The van der Waals surface area contributed by atoms with E-state index in [-0.39, 0.29) is 11.3 Å². The van der Waals surface area contributed by atoms with Crippen LogP contribution in [0.1, 0.15) is 11.3 Å². The zero-order valence-corrected chi connectivity index (χ0v) is 13.8. The first-order valence-electron chi connectivity index (χ1n) is 7.52. The van der Waals surface area contributed by atoms with Crippen LogP contribution in [0.4, 0.5) is 0 Å². The lowest BCUT2D eigenvalue weighted by Gasteiger charge is -2.27. The Balaban J connectivity index is 1.68. The standard InChI is InChI=1S/C16H19N3O3S/c1-18-16(20)11-13-12-19(8-7-15(13)17-18)9-10-23(21,22)14-5-3-2-4-6-14/h2-6,11H,7-10,12H2,1H3. The van der Waals surface area contributed by atoms with Gasteiger partial charge in [-0.15, -0.1) is 0 Å². The molecule has 0 saturated carbocycles. The van der Waals surface area contributed by atoms with Gasteiger partial charge < -0.3 is 0 Å². The predicted molar refractivity (Wildman–Crippen MR) is 87.0 cm³/mol. The maximum atomic E-state index is 12.3. The minimum Gasteiger partial charge on any atom is -0.298 e. The van der Waals surface area contributed by atoms with E-state index in [9.17, 15) is 13.2 Å². The third-order valence-corrected chi connectivity index (χ3v) is 5.81. The highest BCUT2D eigenvalue weighted by Gasteiger charge is 2.21. The predicted octanol–water partition coefficient (Wildman–Crippen LogP) is 0.612. The number of benzene rings is 1. The molecule has 0 N–H and O–H groups in total. The van der Waals surface area contributed by atoms with Crippen LogP contribution in [0.25, 0.3) is 0 Å². The van der Waals surface area contributed by atoms with E-state index < -0.39 is 9.84 Å². The fourth-order valence-corrected chi connectivity index (χ4v) is 4.04. The maximum absolute atomic E-state index is 12.3. The van der Waals surface area contributed by atoms with E-state index in [2.05, 4.69) is 10.00 Å². The molecule has 0 fully saturated rings. The van der Waals surface area contributed by atoms with Crippen LogP contribution in [0.5, 0.6) is 0 Å². The summed E-state index contributed by atoms with van der Waals surface area (Å²) < 4.78 is 26.0.